The summed E-state index contributed by atoms with van der Waals surface area (Å²) in [6.45, 7) is 5.33. The maximum absolute atomic E-state index is 12.3. The number of rotatable bonds is 18. The van der Waals surface area contributed by atoms with Crippen LogP contribution in [0.5, 0.6) is 0 Å². The SMILES string of the molecule is CCCCCC[C@H](NC(C)=O)C(=O)NCCNC(=O)CCSCC(=O)N(C)CCCN. The summed E-state index contributed by atoms with van der Waals surface area (Å²) in [5, 5.41) is 8.21. The number of hydrogen-bond acceptors (Lipinski definition) is 6. The van der Waals surface area contributed by atoms with Gasteiger partial charge in [0, 0.05) is 45.8 Å². The summed E-state index contributed by atoms with van der Waals surface area (Å²) in [5.74, 6) is 0.345. The van der Waals surface area contributed by atoms with E-state index in [2.05, 4.69) is 22.9 Å². The Bertz CT molecular complexity index is 548. The van der Waals surface area contributed by atoms with E-state index in [-0.39, 0.29) is 23.6 Å². The molecule has 0 bridgehead atoms. The summed E-state index contributed by atoms with van der Waals surface area (Å²) >= 11 is 1.42. The lowest BCUT2D eigenvalue weighted by Gasteiger charge is -2.17. The lowest BCUT2D eigenvalue weighted by Crippen LogP contribution is -2.47. The molecule has 10 heteroatoms. The van der Waals surface area contributed by atoms with E-state index < -0.39 is 6.04 Å². The molecule has 31 heavy (non-hydrogen) atoms. The van der Waals surface area contributed by atoms with E-state index in [0.29, 0.717) is 50.5 Å². The number of thioether (sulfide) groups is 1. The minimum Gasteiger partial charge on any atom is -0.354 e. The van der Waals surface area contributed by atoms with Gasteiger partial charge in [0.1, 0.15) is 6.04 Å². The zero-order valence-electron chi connectivity index (χ0n) is 19.3. The van der Waals surface area contributed by atoms with Crippen LogP contribution in [0.2, 0.25) is 0 Å². The van der Waals surface area contributed by atoms with Crippen LogP contribution in [0.25, 0.3) is 0 Å². The van der Waals surface area contributed by atoms with Crippen LogP contribution in [0.4, 0.5) is 0 Å². The van der Waals surface area contributed by atoms with Crippen molar-refractivity contribution in [1.82, 2.24) is 20.9 Å². The van der Waals surface area contributed by atoms with E-state index in [1.807, 2.05) is 0 Å². The lowest BCUT2D eigenvalue weighted by atomic mass is 10.1. The lowest BCUT2D eigenvalue weighted by molar-refractivity contribution is -0.128. The number of carbonyl (C=O) groups excluding carboxylic acids is 4. The van der Waals surface area contributed by atoms with E-state index >= 15 is 0 Å². The van der Waals surface area contributed by atoms with Crippen molar-refractivity contribution in [3.63, 3.8) is 0 Å². The maximum Gasteiger partial charge on any atom is 0.242 e. The quantitative estimate of drug-likeness (QED) is 0.222. The second-order valence-electron chi connectivity index (χ2n) is 7.50. The van der Waals surface area contributed by atoms with E-state index in [0.717, 1.165) is 32.1 Å². The average Bonchev–Trinajstić information content (AvgIpc) is 2.73. The minimum atomic E-state index is -0.540. The van der Waals surface area contributed by atoms with Gasteiger partial charge in [0.15, 0.2) is 0 Å². The zero-order valence-corrected chi connectivity index (χ0v) is 20.2. The fourth-order valence-corrected chi connectivity index (χ4v) is 3.65. The van der Waals surface area contributed by atoms with Crippen LogP contribution in [-0.2, 0) is 19.2 Å². The fourth-order valence-electron chi connectivity index (χ4n) is 2.78. The summed E-state index contributed by atoms with van der Waals surface area (Å²) in [7, 11) is 1.75. The summed E-state index contributed by atoms with van der Waals surface area (Å²) in [4.78, 5) is 49.1. The highest BCUT2D eigenvalue weighted by atomic mass is 32.2. The Morgan fingerprint density at radius 3 is 2.39 bits per heavy atom. The molecule has 0 spiro atoms. The van der Waals surface area contributed by atoms with Gasteiger partial charge in [-0.25, -0.2) is 0 Å². The molecule has 0 aromatic carbocycles. The maximum atomic E-state index is 12.3. The van der Waals surface area contributed by atoms with Crippen molar-refractivity contribution in [2.45, 2.75) is 64.8 Å². The molecule has 0 aliphatic heterocycles. The first-order valence-electron chi connectivity index (χ1n) is 11.1. The van der Waals surface area contributed by atoms with Gasteiger partial charge in [-0.3, -0.25) is 19.2 Å². The topological polar surface area (TPSA) is 134 Å². The molecule has 0 heterocycles. The molecule has 0 unspecified atom stereocenters. The molecule has 0 aliphatic carbocycles. The van der Waals surface area contributed by atoms with Gasteiger partial charge in [0.05, 0.1) is 5.75 Å². The van der Waals surface area contributed by atoms with Crippen molar-refractivity contribution in [3.8, 4) is 0 Å². The number of amides is 4. The third-order valence-electron chi connectivity index (χ3n) is 4.61. The first-order valence-corrected chi connectivity index (χ1v) is 12.3. The number of unbranched alkanes of at least 4 members (excludes halogenated alkanes) is 3. The molecule has 9 nitrogen and oxygen atoms in total. The van der Waals surface area contributed by atoms with E-state index in [1.54, 1.807) is 11.9 Å². The van der Waals surface area contributed by atoms with Gasteiger partial charge in [-0.05, 0) is 19.4 Å². The molecule has 5 N–H and O–H groups in total. The summed E-state index contributed by atoms with van der Waals surface area (Å²) in [6.07, 6.45) is 5.82. The molecule has 0 aliphatic rings. The van der Waals surface area contributed by atoms with Gasteiger partial charge in [0.2, 0.25) is 23.6 Å². The highest BCUT2D eigenvalue weighted by Crippen LogP contribution is 2.06. The minimum absolute atomic E-state index is 0.0324. The summed E-state index contributed by atoms with van der Waals surface area (Å²) < 4.78 is 0. The van der Waals surface area contributed by atoms with Crippen molar-refractivity contribution in [1.29, 1.82) is 0 Å². The van der Waals surface area contributed by atoms with Crippen LogP contribution in [0.3, 0.4) is 0 Å². The molecule has 0 aromatic rings. The summed E-state index contributed by atoms with van der Waals surface area (Å²) in [5.41, 5.74) is 5.43. The first kappa shape index (κ1) is 29.2. The van der Waals surface area contributed by atoms with E-state index in [4.69, 9.17) is 5.73 Å². The number of carbonyl (C=O) groups is 4. The van der Waals surface area contributed by atoms with Crippen LogP contribution in [0, 0.1) is 0 Å². The number of nitrogens with two attached hydrogens (primary N) is 1. The number of nitrogens with one attached hydrogen (secondary N) is 3. The molecule has 0 radical (unpaired) electrons. The Labute approximate surface area is 191 Å². The van der Waals surface area contributed by atoms with E-state index in [9.17, 15) is 19.2 Å². The van der Waals surface area contributed by atoms with Crippen LogP contribution in [0.15, 0.2) is 0 Å². The van der Waals surface area contributed by atoms with Gasteiger partial charge in [-0.15, -0.1) is 0 Å². The van der Waals surface area contributed by atoms with Crippen molar-refractivity contribution in [2.24, 2.45) is 5.73 Å². The van der Waals surface area contributed by atoms with Crippen LogP contribution < -0.4 is 21.7 Å². The standard InChI is InChI=1S/C21H41N5O4S/c1-4-5-6-7-9-18(25-17(2)27)21(30)24-13-12-23-19(28)10-15-31-16-20(29)26(3)14-8-11-22/h18H,4-16,22H2,1-3H3,(H,23,28)(H,24,30)(H,25,27)/t18-/m0/s1. The predicted octanol–water partition coefficient (Wildman–Crippen LogP) is 0.624. The van der Waals surface area contributed by atoms with E-state index in [1.165, 1.54) is 18.7 Å². The van der Waals surface area contributed by atoms with Gasteiger partial charge in [-0.2, -0.15) is 11.8 Å². The highest BCUT2D eigenvalue weighted by molar-refractivity contribution is 7.99. The second-order valence-corrected chi connectivity index (χ2v) is 8.61. The van der Waals surface area contributed by atoms with Crippen LogP contribution in [0.1, 0.15) is 58.8 Å². The second kappa shape index (κ2) is 18.9. The van der Waals surface area contributed by atoms with Crippen LogP contribution >= 0.6 is 11.8 Å². The number of nitrogens with zero attached hydrogens (tertiary/aromatic N) is 1. The predicted molar refractivity (Wildman–Crippen MR) is 126 cm³/mol. The summed E-state index contributed by atoms with van der Waals surface area (Å²) in [6, 6.07) is -0.540. The molecular weight excluding hydrogens is 418 g/mol. The third-order valence-corrected chi connectivity index (χ3v) is 5.55. The Morgan fingerprint density at radius 1 is 1.03 bits per heavy atom. The third kappa shape index (κ3) is 16.5. The van der Waals surface area contributed by atoms with Gasteiger partial charge in [-0.1, -0.05) is 32.6 Å². The van der Waals surface area contributed by atoms with Crippen molar-refractivity contribution in [2.75, 3.05) is 44.7 Å². The van der Waals surface area contributed by atoms with Crippen molar-refractivity contribution in [3.05, 3.63) is 0 Å². The molecular formula is C21H41N5O4S. The molecule has 180 valence electrons. The highest BCUT2D eigenvalue weighted by Gasteiger charge is 2.18. The smallest absolute Gasteiger partial charge is 0.242 e. The molecule has 0 saturated heterocycles. The zero-order chi connectivity index (χ0) is 23.5. The number of hydrogen-bond donors (Lipinski definition) is 4. The van der Waals surface area contributed by atoms with Crippen LogP contribution in [-0.4, -0.2) is 79.3 Å². The molecule has 1 atom stereocenters. The Morgan fingerprint density at radius 2 is 1.74 bits per heavy atom. The van der Waals surface area contributed by atoms with Gasteiger partial charge >= 0.3 is 0 Å². The van der Waals surface area contributed by atoms with Gasteiger partial charge in [0.25, 0.3) is 0 Å². The molecule has 4 amide bonds. The van der Waals surface area contributed by atoms with Crippen molar-refractivity contribution < 1.29 is 19.2 Å². The fraction of sp³-hybridized carbons (Fsp3) is 0.810. The monoisotopic (exact) mass is 459 g/mol. The Kier molecular flexibility index (Phi) is 17.8. The average molecular weight is 460 g/mol. The first-order chi connectivity index (χ1) is 14.8. The molecule has 0 rings (SSSR count). The Hall–Kier alpha value is -1.81. The molecule has 0 saturated carbocycles. The normalized spacial score (nSPS) is 11.5. The Balaban J connectivity index is 3.97. The largest absolute Gasteiger partial charge is 0.354 e. The molecule has 0 aromatic heterocycles. The van der Waals surface area contributed by atoms with Gasteiger partial charge < -0.3 is 26.6 Å². The molecule has 0 fully saturated rings. The van der Waals surface area contributed by atoms with Crippen molar-refractivity contribution >= 4 is 35.4 Å².